The summed E-state index contributed by atoms with van der Waals surface area (Å²) in [5, 5.41) is 4.26. The summed E-state index contributed by atoms with van der Waals surface area (Å²) in [6.45, 7) is 5.21. The fourth-order valence-corrected chi connectivity index (χ4v) is 3.68. The number of sulfonamides is 1. The van der Waals surface area contributed by atoms with Gasteiger partial charge in [-0.05, 0) is 48.4 Å². The smallest absolute Gasteiger partial charge is 0.260 e. The first-order valence-electron chi connectivity index (χ1n) is 9.13. The molecule has 10 heteroatoms. The summed E-state index contributed by atoms with van der Waals surface area (Å²) in [5.74, 6) is 0.431. The molecule has 2 aromatic rings. The van der Waals surface area contributed by atoms with Crippen LogP contribution in [0.1, 0.15) is 11.1 Å². The maximum absolute atomic E-state index is 12.3. The van der Waals surface area contributed by atoms with E-state index in [0.29, 0.717) is 39.9 Å². The number of halogens is 1. The highest BCUT2D eigenvalue weighted by Crippen LogP contribution is 2.28. The third-order valence-electron chi connectivity index (χ3n) is 4.07. The van der Waals surface area contributed by atoms with Crippen molar-refractivity contribution >= 4 is 39.4 Å². The SMILES string of the molecule is C=CCOc1ccc(/C=N\NC(=O)CN(c2cc(Cl)ccc2C)S(C)(=O)=O)cc1OC. The number of benzene rings is 2. The van der Waals surface area contributed by atoms with Crippen LogP contribution in [0, 0.1) is 6.92 Å². The Hall–Kier alpha value is -3.04. The highest BCUT2D eigenvalue weighted by atomic mass is 35.5. The minimum Gasteiger partial charge on any atom is -0.493 e. The number of hydrogen-bond donors (Lipinski definition) is 1. The van der Waals surface area contributed by atoms with Crippen LogP contribution >= 0.6 is 11.6 Å². The molecule has 0 saturated carbocycles. The molecule has 8 nitrogen and oxygen atoms in total. The first kappa shape index (κ1) is 24.2. The van der Waals surface area contributed by atoms with Gasteiger partial charge in [0.1, 0.15) is 13.2 Å². The van der Waals surface area contributed by atoms with Crippen molar-refractivity contribution < 1.29 is 22.7 Å². The van der Waals surface area contributed by atoms with E-state index < -0.39 is 22.5 Å². The van der Waals surface area contributed by atoms with Crippen molar-refractivity contribution in [3.05, 3.63) is 65.2 Å². The molecule has 0 aliphatic carbocycles. The van der Waals surface area contributed by atoms with Crippen molar-refractivity contribution in [2.75, 3.05) is 30.8 Å². The lowest BCUT2D eigenvalue weighted by molar-refractivity contribution is -0.119. The molecule has 0 aliphatic rings. The summed E-state index contributed by atoms with van der Waals surface area (Å²) in [6, 6.07) is 9.95. The van der Waals surface area contributed by atoms with Crippen molar-refractivity contribution in [2.24, 2.45) is 5.10 Å². The molecule has 166 valence electrons. The predicted octanol–water partition coefficient (Wildman–Crippen LogP) is 3.14. The van der Waals surface area contributed by atoms with Gasteiger partial charge in [-0.2, -0.15) is 5.10 Å². The standard InChI is InChI=1S/C21H24ClN3O5S/c1-5-10-30-19-9-7-16(11-20(19)29-3)13-23-24-21(26)14-25(31(4,27)28)18-12-17(22)8-6-15(18)2/h5-9,11-13H,1,10,14H2,2-4H3,(H,24,26)/b23-13-. The number of anilines is 1. The summed E-state index contributed by atoms with van der Waals surface area (Å²) < 4.78 is 36.2. The van der Waals surface area contributed by atoms with Gasteiger partial charge in [0.05, 0.1) is 25.3 Å². The highest BCUT2D eigenvalue weighted by Gasteiger charge is 2.22. The molecule has 0 unspecified atom stereocenters. The predicted molar refractivity (Wildman–Crippen MR) is 123 cm³/mol. The van der Waals surface area contributed by atoms with E-state index in [1.807, 2.05) is 0 Å². The molecule has 0 bridgehead atoms. The zero-order chi connectivity index (χ0) is 23.0. The Kier molecular flexibility index (Phi) is 8.47. The lowest BCUT2D eigenvalue weighted by atomic mass is 10.2. The molecule has 2 rings (SSSR count). The lowest BCUT2D eigenvalue weighted by Gasteiger charge is -2.23. The number of nitrogens with zero attached hydrogens (tertiary/aromatic N) is 2. The van der Waals surface area contributed by atoms with Gasteiger partial charge in [-0.25, -0.2) is 13.8 Å². The van der Waals surface area contributed by atoms with Crippen LogP contribution in [-0.4, -0.2) is 47.1 Å². The third-order valence-corrected chi connectivity index (χ3v) is 5.44. The van der Waals surface area contributed by atoms with E-state index in [-0.39, 0.29) is 0 Å². The second-order valence-electron chi connectivity index (χ2n) is 6.50. The third kappa shape index (κ3) is 7.01. The van der Waals surface area contributed by atoms with Gasteiger partial charge < -0.3 is 9.47 Å². The Morgan fingerprint density at radius 3 is 2.65 bits per heavy atom. The number of hydrazone groups is 1. The quantitative estimate of drug-likeness (QED) is 0.330. The number of aryl methyl sites for hydroxylation is 1. The van der Waals surface area contributed by atoms with Crippen LogP contribution in [0.5, 0.6) is 11.5 Å². The zero-order valence-electron chi connectivity index (χ0n) is 17.5. The zero-order valence-corrected chi connectivity index (χ0v) is 19.0. The van der Waals surface area contributed by atoms with Crippen LogP contribution in [0.3, 0.4) is 0 Å². The molecule has 0 spiro atoms. The summed E-state index contributed by atoms with van der Waals surface area (Å²) in [5.41, 5.74) is 3.97. The Labute approximate surface area is 187 Å². The number of rotatable bonds is 10. The van der Waals surface area contributed by atoms with Gasteiger partial charge >= 0.3 is 0 Å². The van der Waals surface area contributed by atoms with Crippen LogP contribution < -0.4 is 19.2 Å². The molecule has 0 heterocycles. The van der Waals surface area contributed by atoms with Crippen molar-refractivity contribution in [3.63, 3.8) is 0 Å². The van der Waals surface area contributed by atoms with Crippen LogP contribution in [-0.2, 0) is 14.8 Å². The molecule has 0 aromatic heterocycles. The Bertz CT molecular complexity index is 1090. The first-order valence-corrected chi connectivity index (χ1v) is 11.4. The number of ether oxygens (including phenoxy) is 2. The number of methoxy groups -OCH3 is 1. The van der Waals surface area contributed by atoms with Gasteiger partial charge in [-0.1, -0.05) is 30.3 Å². The van der Waals surface area contributed by atoms with Crippen LogP contribution in [0.2, 0.25) is 5.02 Å². The van der Waals surface area contributed by atoms with Crippen molar-refractivity contribution in [3.8, 4) is 11.5 Å². The summed E-state index contributed by atoms with van der Waals surface area (Å²) >= 11 is 5.99. The summed E-state index contributed by atoms with van der Waals surface area (Å²) in [7, 11) is -2.22. The second kappa shape index (κ2) is 10.8. The number of carbonyl (C=O) groups is 1. The van der Waals surface area contributed by atoms with E-state index in [1.54, 1.807) is 43.3 Å². The Morgan fingerprint density at radius 2 is 2.00 bits per heavy atom. The molecule has 0 saturated heterocycles. The van der Waals surface area contributed by atoms with Gasteiger partial charge in [0.15, 0.2) is 11.5 Å². The van der Waals surface area contributed by atoms with E-state index in [1.165, 1.54) is 19.4 Å². The number of nitrogens with one attached hydrogen (secondary N) is 1. The maximum atomic E-state index is 12.3. The van der Waals surface area contributed by atoms with Crippen LogP contribution in [0.15, 0.2) is 54.2 Å². The minimum absolute atomic E-state index is 0.328. The molecule has 0 aliphatic heterocycles. The normalized spacial score (nSPS) is 11.2. The largest absolute Gasteiger partial charge is 0.493 e. The van der Waals surface area contributed by atoms with E-state index in [4.69, 9.17) is 21.1 Å². The van der Waals surface area contributed by atoms with Gasteiger partial charge in [0.2, 0.25) is 10.0 Å². The molecular weight excluding hydrogens is 442 g/mol. The summed E-state index contributed by atoms with van der Waals surface area (Å²) in [4.78, 5) is 12.3. The molecule has 1 amide bonds. The van der Waals surface area contributed by atoms with E-state index >= 15 is 0 Å². The Balaban J connectivity index is 2.11. The molecule has 0 radical (unpaired) electrons. The van der Waals surface area contributed by atoms with Crippen molar-refractivity contribution in [1.82, 2.24) is 5.43 Å². The molecule has 0 fully saturated rings. The average molecular weight is 466 g/mol. The van der Waals surface area contributed by atoms with Crippen molar-refractivity contribution in [1.29, 1.82) is 0 Å². The minimum atomic E-state index is -3.73. The molecule has 1 N–H and O–H groups in total. The molecule has 31 heavy (non-hydrogen) atoms. The topological polar surface area (TPSA) is 97.3 Å². The van der Waals surface area contributed by atoms with Gasteiger partial charge in [-0.3, -0.25) is 9.10 Å². The van der Waals surface area contributed by atoms with Crippen molar-refractivity contribution in [2.45, 2.75) is 6.92 Å². The molecule has 0 atom stereocenters. The van der Waals surface area contributed by atoms with E-state index in [0.717, 1.165) is 10.6 Å². The highest BCUT2D eigenvalue weighted by molar-refractivity contribution is 7.92. The number of amides is 1. The van der Waals surface area contributed by atoms with Crippen LogP contribution in [0.25, 0.3) is 0 Å². The first-order chi connectivity index (χ1) is 14.7. The van der Waals surface area contributed by atoms with Gasteiger partial charge in [0, 0.05) is 5.02 Å². The maximum Gasteiger partial charge on any atom is 0.260 e. The molecule has 2 aromatic carbocycles. The lowest BCUT2D eigenvalue weighted by Crippen LogP contribution is -2.39. The number of carbonyl (C=O) groups excluding carboxylic acids is 1. The van der Waals surface area contributed by atoms with E-state index in [2.05, 4.69) is 17.1 Å². The number of hydrogen-bond acceptors (Lipinski definition) is 6. The van der Waals surface area contributed by atoms with Crippen LogP contribution in [0.4, 0.5) is 5.69 Å². The molecular formula is C21H24ClN3O5S. The fraction of sp³-hybridized carbons (Fsp3) is 0.238. The van der Waals surface area contributed by atoms with E-state index in [9.17, 15) is 13.2 Å². The fourth-order valence-electron chi connectivity index (χ4n) is 2.61. The Morgan fingerprint density at radius 1 is 1.26 bits per heavy atom. The monoisotopic (exact) mass is 465 g/mol. The average Bonchev–Trinajstić information content (AvgIpc) is 2.72. The van der Waals surface area contributed by atoms with Gasteiger partial charge in [-0.15, -0.1) is 0 Å². The second-order valence-corrected chi connectivity index (χ2v) is 8.85. The summed E-state index contributed by atoms with van der Waals surface area (Å²) in [6.07, 6.45) is 4.05. The van der Waals surface area contributed by atoms with Gasteiger partial charge in [0.25, 0.3) is 5.91 Å².